The number of aliphatic hydroxyl groups excluding tert-OH is 1. The highest BCUT2D eigenvalue weighted by Crippen LogP contribution is 2.32. The van der Waals surface area contributed by atoms with Crippen LogP contribution in [-0.2, 0) is 9.53 Å². The van der Waals surface area contributed by atoms with Crippen LogP contribution in [0.25, 0.3) is 0 Å². The maximum atomic E-state index is 13.7. The van der Waals surface area contributed by atoms with Crippen molar-refractivity contribution in [1.29, 1.82) is 0 Å². The molecule has 0 spiro atoms. The molecule has 0 aromatic heterocycles. The van der Waals surface area contributed by atoms with E-state index in [1.54, 1.807) is 19.1 Å². The highest BCUT2D eigenvalue weighted by atomic mass is 19.1. The molecule has 0 radical (unpaired) electrons. The van der Waals surface area contributed by atoms with Gasteiger partial charge in [0.2, 0.25) is 0 Å². The van der Waals surface area contributed by atoms with Gasteiger partial charge in [-0.3, -0.25) is 4.79 Å². The van der Waals surface area contributed by atoms with Gasteiger partial charge in [-0.25, -0.2) is 4.39 Å². The van der Waals surface area contributed by atoms with E-state index in [1.165, 1.54) is 6.07 Å². The summed E-state index contributed by atoms with van der Waals surface area (Å²) >= 11 is 0. The van der Waals surface area contributed by atoms with E-state index < -0.39 is 11.7 Å². The van der Waals surface area contributed by atoms with Gasteiger partial charge in [-0.05, 0) is 57.2 Å². The van der Waals surface area contributed by atoms with E-state index in [0.29, 0.717) is 17.5 Å². The van der Waals surface area contributed by atoms with E-state index in [4.69, 9.17) is 4.74 Å². The lowest BCUT2D eigenvalue weighted by molar-refractivity contribution is -0.157. The molecule has 0 bridgehead atoms. The lowest BCUT2D eigenvalue weighted by Gasteiger charge is -2.26. The van der Waals surface area contributed by atoms with Gasteiger partial charge in [-0.15, -0.1) is 0 Å². The van der Waals surface area contributed by atoms with Gasteiger partial charge in [-0.2, -0.15) is 0 Å². The Morgan fingerprint density at radius 2 is 2.00 bits per heavy atom. The first-order chi connectivity index (χ1) is 10.2. The number of ether oxygens (including phenoxy) is 1. The van der Waals surface area contributed by atoms with E-state index in [0.717, 1.165) is 6.42 Å². The van der Waals surface area contributed by atoms with Gasteiger partial charge in [0.1, 0.15) is 11.4 Å². The molecule has 0 aliphatic heterocycles. The van der Waals surface area contributed by atoms with Crippen molar-refractivity contribution >= 4 is 5.97 Å². The Hall–Kier alpha value is -1.42. The van der Waals surface area contributed by atoms with Crippen LogP contribution in [0.2, 0.25) is 0 Å². The standard InChI is InChI=1S/C18H27FO3/c1-6-8-13(11-16(20)22-18(3,4)5)17(21)14-9-7-10-15(19)12(14)2/h7,9-10,13,17,21H,6,8,11H2,1-5H3/t13-,17+/m0/s1. The van der Waals surface area contributed by atoms with Crippen molar-refractivity contribution in [3.8, 4) is 0 Å². The molecule has 0 unspecified atom stereocenters. The predicted molar refractivity (Wildman–Crippen MR) is 85.0 cm³/mol. The Bertz CT molecular complexity index is 506. The number of halogens is 1. The van der Waals surface area contributed by atoms with Crippen LogP contribution in [0.5, 0.6) is 0 Å². The van der Waals surface area contributed by atoms with Gasteiger partial charge in [0.25, 0.3) is 0 Å². The molecule has 1 N–H and O–H groups in total. The van der Waals surface area contributed by atoms with Gasteiger partial charge in [0.05, 0.1) is 12.5 Å². The van der Waals surface area contributed by atoms with E-state index in [1.807, 2.05) is 27.7 Å². The zero-order chi connectivity index (χ0) is 16.9. The number of rotatable bonds is 6. The molecule has 1 aromatic carbocycles. The summed E-state index contributed by atoms with van der Waals surface area (Å²) in [5.74, 6) is -0.955. The first-order valence-electron chi connectivity index (χ1n) is 7.80. The SMILES string of the molecule is CCC[C@@H](CC(=O)OC(C)(C)C)[C@@H](O)c1cccc(F)c1C. The summed E-state index contributed by atoms with van der Waals surface area (Å²) in [7, 11) is 0. The van der Waals surface area contributed by atoms with Crippen molar-refractivity contribution in [2.24, 2.45) is 5.92 Å². The van der Waals surface area contributed by atoms with E-state index in [-0.39, 0.29) is 24.1 Å². The van der Waals surface area contributed by atoms with E-state index in [9.17, 15) is 14.3 Å². The average Bonchev–Trinajstić information content (AvgIpc) is 2.38. The van der Waals surface area contributed by atoms with Crippen molar-refractivity contribution < 1.29 is 19.0 Å². The Balaban J connectivity index is 2.90. The van der Waals surface area contributed by atoms with Crippen molar-refractivity contribution in [2.45, 2.75) is 65.6 Å². The van der Waals surface area contributed by atoms with Crippen LogP contribution in [0, 0.1) is 18.7 Å². The number of esters is 1. The normalized spacial score (nSPS) is 14.5. The Labute approximate surface area is 132 Å². The second-order valence-electron chi connectivity index (χ2n) is 6.74. The molecule has 0 fully saturated rings. The Morgan fingerprint density at radius 1 is 1.36 bits per heavy atom. The zero-order valence-corrected chi connectivity index (χ0v) is 14.1. The molecule has 1 aromatic rings. The third kappa shape index (κ3) is 5.41. The van der Waals surface area contributed by atoms with E-state index in [2.05, 4.69) is 0 Å². The molecule has 124 valence electrons. The fraction of sp³-hybridized carbons (Fsp3) is 0.611. The molecule has 4 heteroatoms. The minimum absolute atomic E-state index is 0.127. The second kappa shape index (κ2) is 7.73. The summed E-state index contributed by atoms with van der Waals surface area (Å²) < 4.78 is 19.0. The van der Waals surface area contributed by atoms with Crippen LogP contribution in [0.4, 0.5) is 4.39 Å². The smallest absolute Gasteiger partial charge is 0.306 e. The van der Waals surface area contributed by atoms with Gasteiger partial charge in [0.15, 0.2) is 0 Å². The second-order valence-corrected chi connectivity index (χ2v) is 6.74. The van der Waals surface area contributed by atoms with E-state index >= 15 is 0 Å². The molecule has 0 heterocycles. The number of hydrogen-bond acceptors (Lipinski definition) is 3. The lowest BCUT2D eigenvalue weighted by Crippen LogP contribution is -2.27. The number of benzene rings is 1. The minimum atomic E-state index is -0.872. The summed E-state index contributed by atoms with van der Waals surface area (Å²) in [6.07, 6.45) is 0.764. The van der Waals surface area contributed by atoms with Gasteiger partial charge in [-0.1, -0.05) is 25.5 Å². The molecular formula is C18H27FO3. The molecule has 0 amide bonds. The van der Waals surface area contributed by atoms with Crippen molar-refractivity contribution in [3.63, 3.8) is 0 Å². The van der Waals surface area contributed by atoms with Crippen LogP contribution >= 0.6 is 0 Å². The maximum absolute atomic E-state index is 13.7. The largest absolute Gasteiger partial charge is 0.460 e. The summed E-state index contributed by atoms with van der Waals surface area (Å²) in [5, 5.41) is 10.6. The van der Waals surface area contributed by atoms with Gasteiger partial charge < -0.3 is 9.84 Å². The van der Waals surface area contributed by atoms with Crippen molar-refractivity contribution in [1.82, 2.24) is 0 Å². The summed E-state index contributed by atoms with van der Waals surface area (Å²) in [4.78, 5) is 12.0. The number of carbonyl (C=O) groups is 1. The summed E-state index contributed by atoms with van der Waals surface area (Å²) in [6.45, 7) is 9.07. The highest BCUT2D eigenvalue weighted by molar-refractivity contribution is 5.70. The molecule has 2 atom stereocenters. The van der Waals surface area contributed by atoms with Crippen molar-refractivity contribution in [3.05, 3.63) is 35.1 Å². The van der Waals surface area contributed by atoms with Crippen molar-refractivity contribution in [2.75, 3.05) is 0 Å². The first kappa shape index (κ1) is 18.6. The number of carbonyl (C=O) groups excluding carboxylic acids is 1. The molecule has 1 rings (SSSR count). The molecule has 0 saturated carbocycles. The Kier molecular flexibility index (Phi) is 6.54. The van der Waals surface area contributed by atoms with Crippen LogP contribution in [0.15, 0.2) is 18.2 Å². The van der Waals surface area contributed by atoms with Crippen LogP contribution < -0.4 is 0 Å². The number of aliphatic hydroxyl groups is 1. The topological polar surface area (TPSA) is 46.5 Å². The fourth-order valence-electron chi connectivity index (χ4n) is 2.54. The molecule has 0 aliphatic carbocycles. The van der Waals surface area contributed by atoms with Crippen LogP contribution in [0.3, 0.4) is 0 Å². The van der Waals surface area contributed by atoms with Crippen LogP contribution in [0.1, 0.15) is 64.2 Å². The molecule has 0 saturated heterocycles. The predicted octanol–water partition coefficient (Wildman–Crippen LogP) is 4.32. The van der Waals surface area contributed by atoms with Gasteiger partial charge >= 0.3 is 5.97 Å². The third-order valence-corrected chi connectivity index (χ3v) is 3.58. The first-order valence-corrected chi connectivity index (χ1v) is 7.80. The molecule has 22 heavy (non-hydrogen) atoms. The quantitative estimate of drug-likeness (QED) is 0.796. The summed E-state index contributed by atoms with van der Waals surface area (Å²) in [6, 6.07) is 4.66. The zero-order valence-electron chi connectivity index (χ0n) is 14.1. The molecular weight excluding hydrogens is 283 g/mol. The lowest BCUT2D eigenvalue weighted by atomic mass is 9.87. The number of hydrogen-bond donors (Lipinski definition) is 1. The third-order valence-electron chi connectivity index (χ3n) is 3.58. The fourth-order valence-corrected chi connectivity index (χ4v) is 2.54. The minimum Gasteiger partial charge on any atom is -0.460 e. The maximum Gasteiger partial charge on any atom is 0.306 e. The monoisotopic (exact) mass is 310 g/mol. The average molecular weight is 310 g/mol. The Morgan fingerprint density at radius 3 is 2.55 bits per heavy atom. The summed E-state index contributed by atoms with van der Waals surface area (Å²) in [5.41, 5.74) is 0.426. The highest BCUT2D eigenvalue weighted by Gasteiger charge is 2.27. The van der Waals surface area contributed by atoms with Gasteiger partial charge in [0, 0.05) is 0 Å². The van der Waals surface area contributed by atoms with Crippen LogP contribution in [-0.4, -0.2) is 16.7 Å². The molecule has 0 aliphatic rings. The molecule has 3 nitrogen and oxygen atoms in total.